The lowest BCUT2D eigenvalue weighted by Gasteiger charge is -2.14. The van der Waals surface area contributed by atoms with Gasteiger partial charge in [-0.15, -0.1) is 11.8 Å². The van der Waals surface area contributed by atoms with Crippen molar-refractivity contribution < 1.29 is 14.3 Å². The van der Waals surface area contributed by atoms with Gasteiger partial charge < -0.3 is 15.4 Å². The summed E-state index contributed by atoms with van der Waals surface area (Å²) in [4.78, 5) is 26.3. The predicted octanol–water partition coefficient (Wildman–Crippen LogP) is 6.22. The molecule has 5 nitrogen and oxygen atoms in total. The maximum Gasteiger partial charge on any atom is 0.255 e. The number of methoxy groups -OCH3 is 1. The zero-order chi connectivity index (χ0) is 23.2. The summed E-state index contributed by atoms with van der Waals surface area (Å²) < 4.78 is 5.13. The van der Waals surface area contributed by atoms with Crippen LogP contribution in [0.1, 0.15) is 17.3 Å². The van der Waals surface area contributed by atoms with Gasteiger partial charge in [0.2, 0.25) is 5.91 Å². The van der Waals surface area contributed by atoms with Crippen LogP contribution in [0, 0.1) is 0 Å². The van der Waals surface area contributed by atoms with Gasteiger partial charge in [0.05, 0.1) is 12.4 Å². The first-order valence-corrected chi connectivity index (χ1v) is 11.4. The van der Waals surface area contributed by atoms with Crippen molar-refractivity contribution in [1.29, 1.82) is 0 Å². The first-order valence-electron chi connectivity index (χ1n) is 10.5. The van der Waals surface area contributed by atoms with Gasteiger partial charge in [0.25, 0.3) is 5.91 Å². The number of rotatable bonds is 7. The highest BCUT2D eigenvalue weighted by atomic mass is 32.2. The predicted molar refractivity (Wildman–Crippen MR) is 135 cm³/mol. The van der Waals surface area contributed by atoms with E-state index in [4.69, 9.17) is 4.74 Å². The lowest BCUT2D eigenvalue weighted by molar-refractivity contribution is -0.115. The van der Waals surface area contributed by atoms with E-state index in [1.807, 2.05) is 73.7 Å². The fourth-order valence-corrected chi connectivity index (χ4v) is 4.35. The molecule has 0 spiro atoms. The minimum atomic E-state index is -0.323. The Morgan fingerprint density at radius 1 is 0.848 bits per heavy atom. The minimum Gasteiger partial charge on any atom is -0.497 e. The van der Waals surface area contributed by atoms with E-state index >= 15 is 0 Å². The summed E-state index contributed by atoms with van der Waals surface area (Å²) in [7, 11) is 1.58. The lowest BCUT2D eigenvalue weighted by atomic mass is 10.1. The monoisotopic (exact) mass is 456 g/mol. The molecule has 4 aromatic rings. The summed E-state index contributed by atoms with van der Waals surface area (Å²) in [6, 6.07) is 28.2. The van der Waals surface area contributed by atoms with Gasteiger partial charge in [-0.1, -0.05) is 42.5 Å². The van der Waals surface area contributed by atoms with Crippen molar-refractivity contribution in [1.82, 2.24) is 0 Å². The molecule has 4 rings (SSSR count). The van der Waals surface area contributed by atoms with E-state index in [1.54, 1.807) is 31.4 Å². The van der Waals surface area contributed by atoms with Gasteiger partial charge in [0.1, 0.15) is 5.75 Å². The first kappa shape index (κ1) is 22.4. The standard InChI is InChI=1S/C27H24N2O3S/c1-18(26(30)29-25-12-5-8-19-7-3-4-11-24(19)25)33-23-10-6-9-21(17-23)28-27(31)20-13-15-22(32-2)16-14-20/h3-18H,1-2H3,(H,28,31)(H,29,30). The Kier molecular flexibility index (Phi) is 6.95. The van der Waals surface area contributed by atoms with E-state index in [9.17, 15) is 9.59 Å². The quantitative estimate of drug-likeness (QED) is 0.324. The molecule has 2 amide bonds. The van der Waals surface area contributed by atoms with Crippen molar-refractivity contribution in [3.8, 4) is 5.75 Å². The van der Waals surface area contributed by atoms with Crippen LogP contribution in [0.4, 0.5) is 11.4 Å². The molecule has 166 valence electrons. The summed E-state index contributed by atoms with van der Waals surface area (Å²) in [5, 5.41) is 7.71. The van der Waals surface area contributed by atoms with Crippen molar-refractivity contribution in [3.05, 3.63) is 96.6 Å². The highest BCUT2D eigenvalue weighted by Gasteiger charge is 2.16. The molecule has 0 heterocycles. The van der Waals surface area contributed by atoms with Gasteiger partial charge in [-0.25, -0.2) is 0 Å². The Morgan fingerprint density at radius 2 is 1.58 bits per heavy atom. The van der Waals surface area contributed by atoms with Crippen LogP contribution in [0.3, 0.4) is 0 Å². The summed E-state index contributed by atoms with van der Waals surface area (Å²) in [6.45, 7) is 1.87. The van der Waals surface area contributed by atoms with Crippen molar-refractivity contribution in [2.45, 2.75) is 17.1 Å². The minimum absolute atomic E-state index is 0.0796. The van der Waals surface area contributed by atoms with Crippen LogP contribution < -0.4 is 15.4 Å². The fraction of sp³-hybridized carbons (Fsp3) is 0.111. The molecule has 0 fully saturated rings. The van der Waals surface area contributed by atoms with Crippen LogP contribution in [0.25, 0.3) is 10.8 Å². The van der Waals surface area contributed by atoms with Gasteiger partial charge in [0, 0.05) is 27.2 Å². The molecule has 4 aromatic carbocycles. The average Bonchev–Trinajstić information content (AvgIpc) is 2.84. The summed E-state index contributed by atoms with van der Waals surface area (Å²) >= 11 is 1.44. The average molecular weight is 457 g/mol. The lowest BCUT2D eigenvalue weighted by Crippen LogP contribution is -2.22. The second-order valence-corrected chi connectivity index (χ2v) is 8.90. The van der Waals surface area contributed by atoms with E-state index in [0.29, 0.717) is 17.0 Å². The first-order chi connectivity index (χ1) is 16.0. The zero-order valence-electron chi connectivity index (χ0n) is 18.4. The van der Waals surface area contributed by atoms with E-state index in [0.717, 1.165) is 21.4 Å². The summed E-state index contributed by atoms with van der Waals surface area (Å²) in [5.74, 6) is 0.409. The number of hydrogen-bond donors (Lipinski definition) is 2. The molecule has 0 aliphatic heterocycles. The third-order valence-corrected chi connectivity index (χ3v) is 6.27. The number of benzene rings is 4. The highest BCUT2D eigenvalue weighted by Crippen LogP contribution is 2.28. The molecule has 1 atom stereocenters. The van der Waals surface area contributed by atoms with Crippen molar-refractivity contribution in [2.24, 2.45) is 0 Å². The SMILES string of the molecule is COc1ccc(C(=O)Nc2cccc(SC(C)C(=O)Nc3cccc4ccccc34)c2)cc1. The number of carbonyl (C=O) groups is 2. The van der Waals surface area contributed by atoms with Gasteiger partial charge in [-0.2, -0.15) is 0 Å². The topological polar surface area (TPSA) is 67.4 Å². The van der Waals surface area contributed by atoms with Gasteiger partial charge in [-0.05, 0) is 60.8 Å². The molecule has 0 aromatic heterocycles. The molecular weight excluding hydrogens is 432 g/mol. The number of fused-ring (bicyclic) bond motifs is 1. The molecule has 0 saturated heterocycles. The second kappa shape index (κ2) is 10.2. The number of carbonyl (C=O) groups excluding carboxylic acids is 2. The molecule has 0 aliphatic carbocycles. The van der Waals surface area contributed by atoms with Crippen LogP contribution in [-0.2, 0) is 4.79 Å². The van der Waals surface area contributed by atoms with Gasteiger partial charge >= 0.3 is 0 Å². The third kappa shape index (κ3) is 5.54. The van der Waals surface area contributed by atoms with Crippen LogP contribution in [0.2, 0.25) is 0 Å². The second-order valence-electron chi connectivity index (χ2n) is 7.49. The van der Waals surface area contributed by atoms with Crippen LogP contribution in [0.15, 0.2) is 95.9 Å². The Labute approximate surface area is 197 Å². The Morgan fingerprint density at radius 3 is 2.36 bits per heavy atom. The van der Waals surface area contributed by atoms with Crippen LogP contribution in [-0.4, -0.2) is 24.2 Å². The third-order valence-electron chi connectivity index (χ3n) is 5.17. The molecule has 0 radical (unpaired) electrons. The Bertz CT molecular complexity index is 1280. The summed E-state index contributed by atoms with van der Waals surface area (Å²) in [5.41, 5.74) is 2.00. The molecule has 33 heavy (non-hydrogen) atoms. The smallest absolute Gasteiger partial charge is 0.255 e. The van der Waals surface area contributed by atoms with E-state index in [-0.39, 0.29) is 17.1 Å². The number of amides is 2. The van der Waals surface area contributed by atoms with Crippen molar-refractivity contribution in [3.63, 3.8) is 0 Å². The van der Waals surface area contributed by atoms with Gasteiger partial charge in [0.15, 0.2) is 0 Å². The Balaban J connectivity index is 1.40. The number of thioether (sulfide) groups is 1. The fourth-order valence-electron chi connectivity index (χ4n) is 3.42. The molecule has 6 heteroatoms. The van der Waals surface area contributed by atoms with Crippen molar-refractivity contribution in [2.75, 3.05) is 17.7 Å². The van der Waals surface area contributed by atoms with E-state index < -0.39 is 0 Å². The van der Waals surface area contributed by atoms with Gasteiger partial charge in [-0.3, -0.25) is 9.59 Å². The van der Waals surface area contributed by atoms with Crippen LogP contribution >= 0.6 is 11.8 Å². The maximum absolute atomic E-state index is 12.8. The Hall–Kier alpha value is -3.77. The van der Waals surface area contributed by atoms with Crippen molar-refractivity contribution >= 4 is 45.7 Å². The summed E-state index contributed by atoms with van der Waals surface area (Å²) in [6.07, 6.45) is 0. The van der Waals surface area contributed by atoms with Crippen LogP contribution in [0.5, 0.6) is 5.75 Å². The number of anilines is 2. The number of ether oxygens (including phenoxy) is 1. The normalized spacial score (nSPS) is 11.6. The molecule has 0 bridgehead atoms. The molecule has 2 N–H and O–H groups in total. The molecule has 0 saturated carbocycles. The largest absolute Gasteiger partial charge is 0.497 e. The molecular formula is C27H24N2O3S. The van der Waals surface area contributed by atoms with E-state index in [2.05, 4.69) is 10.6 Å². The number of nitrogens with one attached hydrogen (secondary N) is 2. The maximum atomic E-state index is 12.8. The van der Waals surface area contributed by atoms with E-state index in [1.165, 1.54) is 11.8 Å². The highest BCUT2D eigenvalue weighted by molar-refractivity contribution is 8.00. The zero-order valence-corrected chi connectivity index (χ0v) is 19.2. The molecule has 1 unspecified atom stereocenters. The molecule has 0 aliphatic rings. The number of hydrogen-bond acceptors (Lipinski definition) is 4.